The highest BCUT2D eigenvalue weighted by Crippen LogP contribution is 2.44. The summed E-state index contributed by atoms with van der Waals surface area (Å²) in [5.41, 5.74) is 1.04. The zero-order chi connectivity index (χ0) is 17.6. The van der Waals surface area contributed by atoms with Gasteiger partial charge in [0.25, 0.3) is 11.8 Å². The van der Waals surface area contributed by atoms with Gasteiger partial charge in [-0.15, -0.1) is 0 Å². The molecule has 25 heavy (non-hydrogen) atoms. The summed E-state index contributed by atoms with van der Waals surface area (Å²) >= 11 is 0. The summed E-state index contributed by atoms with van der Waals surface area (Å²) in [6.45, 7) is 6.70. The van der Waals surface area contributed by atoms with Crippen LogP contribution < -0.4 is 0 Å². The van der Waals surface area contributed by atoms with Gasteiger partial charge < -0.3 is 18.7 Å². The van der Waals surface area contributed by atoms with Crippen molar-refractivity contribution in [2.45, 2.75) is 58.2 Å². The smallest absolute Gasteiger partial charge is 0.259 e. The van der Waals surface area contributed by atoms with Crippen molar-refractivity contribution in [2.24, 2.45) is 0 Å². The lowest BCUT2D eigenvalue weighted by Crippen LogP contribution is -2.46. The Morgan fingerprint density at radius 2 is 1.88 bits per heavy atom. The van der Waals surface area contributed by atoms with Gasteiger partial charge in [-0.1, -0.05) is 10.3 Å². The highest BCUT2D eigenvalue weighted by Gasteiger charge is 2.45. The molecule has 2 aliphatic rings. The van der Waals surface area contributed by atoms with Crippen LogP contribution in [0.15, 0.2) is 9.05 Å². The van der Waals surface area contributed by atoms with Gasteiger partial charge in [-0.3, -0.25) is 4.79 Å². The van der Waals surface area contributed by atoms with E-state index in [2.05, 4.69) is 15.3 Å². The molecule has 0 radical (unpaired) electrons. The van der Waals surface area contributed by atoms with Crippen LogP contribution in [0.2, 0.25) is 0 Å². The van der Waals surface area contributed by atoms with E-state index in [9.17, 15) is 4.79 Å². The lowest BCUT2D eigenvalue weighted by atomic mass is 9.88. The minimum absolute atomic E-state index is 0.00632. The Bertz CT molecular complexity index is 769. The van der Waals surface area contributed by atoms with Crippen molar-refractivity contribution in [3.05, 3.63) is 28.7 Å². The number of hydrogen-bond donors (Lipinski definition) is 0. The number of amides is 1. The van der Waals surface area contributed by atoms with Gasteiger partial charge in [-0.25, -0.2) is 0 Å². The first-order valence-electron chi connectivity index (χ1n) is 8.68. The number of likely N-dealkylation sites (tertiary alicyclic amines) is 1. The molecule has 4 rings (SSSR count). The van der Waals surface area contributed by atoms with Gasteiger partial charge in [0.2, 0.25) is 0 Å². The second-order valence-corrected chi connectivity index (χ2v) is 7.00. The van der Waals surface area contributed by atoms with Crippen molar-refractivity contribution >= 4 is 5.91 Å². The van der Waals surface area contributed by atoms with E-state index in [0.717, 1.165) is 25.7 Å². The van der Waals surface area contributed by atoms with E-state index in [0.29, 0.717) is 41.8 Å². The third-order valence-corrected chi connectivity index (χ3v) is 5.28. The number of carbonyl (C=O) groups excluding carboxylic acids is 1. The Morgan fingerprint density at radius 1 is 1.12 bits per heavy atom. The van der Waals surface area contributed by atoms with Gasteiger partial charge in [0.15, 0.2) is 5.82 Å². The van der Waals surface area contributed by atoms with Crippen LogP contribution in [0.1, 0.15) is 65.3 Å². The average Bonchev–Trinajstić information content (AvgIpc) is 3.28. The number of aromatic nitrogens is 3. The summed E-state index contributed by atoms with van der Waals surface area (Å²) in [6.07, 6.45) is 3.31. The molecule has 0 saturated carbocycles. The van der Waals surface area contributed by atoms with Gasteiger partial charge >= 0.3 is 0 Å². The van der Waals surface area contributed by atoms with E-state index in [4.69, 9.17) is 13.8 Å². The predicted molar refractivity (Wildman–Crippen MR) is 85.9 cm³/mol. The number of rotatable bonds is 2. The Morgan fingerprint density at radius 3 is 2.48 bits per heavy atom. The van der Waals surface area contributed by atoms with Crippen molar-refractivity contribution in [1.29, 1.82) is 0 Å². The van der Waals surface area contributed by atoms with E-state index < -0.39 is 0 Å². The number of carbonyl (C=O) groups is 1. The normalized spacial score (nSPS) is 22.7. The molecule has 134 valence electrons. The largest absolute Gasteiger partial charge is 0.362 e. The predicted octanol–water partition coefficient (Wildman–Crippen LogP) is 2.51. The molecule has 2 saturated heterocycles. The van der Waals surface area contributed by atoms with Crippen LogP contribution in [-0.4, -0.2) is 44.8 Å². The lowest BCUT2D eigenvalue weighted by Gasteiger charge is -2.38. The summed E-state index contributed by atoms with van der Waals surface area (Å²) < 4.78 is 16.7. The maximum Gasteiger partial charge on any atom is 0.259 e. The summed E-state index contributed by atoms with van der Waals surface area (Å²) in [6, 6.07) is 0. The molecule has 4 heterocycles. The number of nitrogens with zero attached hydrogens (tertiary/aromatic N) is 4. The zero-order valence-electron chi connectivity index (χ0n) is 14.7. The molecule has 2 aliphatic heterocycles. The van der Waals surface area contributed by atoms with Crippen molar-refractivity contribution in [3.63, 3.8) is 0 Å². The molecular weight excluding hydrogens is 324 g/mol. The Labute approximate surface area is 145 Å². The minimum Gasteiger partial charge on any atom is -0.362 e. The molecule has 0 aliphatic carbocycles. The third-order valence-electron chi connectivity index (χ3n) is 5.28. The summed E-state index contributed by atoms with van der Waals surface area (Å²) in [5.74, 6) is 1.75. The molecule has 0 aromatic carbocycles. The zero-order valence-corrected chi connectivity index (χ0v) is 14.7. The quantitative estimate of drug-likeness (QED) is 0.824. The summed E-state index contributed by atoms with van der Waals surface area (Å²) in [7, 11) is 0. The van der Waals surface area contributed by atoms with E-state index in [-0.39, 0.29) is 17.6 Å². The van der Waals surface area contributed by atoms with E-state index >= 15 is 0 Å². The first-order valence-corrected chi connectivity index (χ1v) is 8.68. The van der Waals surface area contributed by atoms with Crippen LogP contribution in [0.5, 0.6) is 0 Å². The molecule has 1 amide bonds. The number of piperidine rings is 1. The first-order chi connectivity index (χ1) is 12.0. The standard InChI is InChI=1S/C17H22N4O4/c1-10-14(11(2)24-19-10)16(22)21-8-6-17(7-9-21)5-4-13(23-17)15-18-12(3)20-25-15/h13H,4-9H2,1-3H3. The monoisotopic (exact) mass is 346 g/mol. The maximum atomic E-state index is 12.7. The number of aryl methyl sites for hydroxylation is 3. The molecule has 2 fully saturated rings. The molecule has 0 bridgehead atoms. The Balaban J connectivity index is 1.41. The molecule has 8 heteroatoms. The fourth-order valence-electron chi connectivity index (χ4n) is 3.86. The second kappa shape index (κ2) is 5.94. The highest BCUT2D eigenvalue weighted by atomic mass is 16.5. The van der Waals surface area contributed by atoms with Gasteiger partial charge in [-0.2, -0.15) is 4.98 Å². The molecule has 1 unspecified atom stereocenters. The van der Waals surface area contributed by atoms with Gasteiger partial charge in [0.05, 0.1) is 11.3 Å². The Hall–Kier alpha value is -2.22. The maximum absolute atomic E-state index is 12.7. The topological polar surface area (TPSA) is 94.5 Å². The third kappa shape index (κ3) is 2.84. The SMILES string of the molecule is Cc1noc(C2CCC3(CCN(C(=O)c4c(C)noc4C)CC3)O2)n1. The number of ether oxygens (including phenoxy) is 1. The van der Waals surface area contributed by atoms with Gasteiger partial charge in [0, 0.05) is 13.1 Å². The van der Waals surface area contributed by atoms with Gasteiger partial charge in [-0.05, 0) is 46.5 Å². The molecule has 1 atom stereocenters. The highest BCUT2D eigenvalue weighted by molar-refractivity contribution is 5.96. The van der Waals surface area contributed by atoms with Gasteiger partial charge in [0.1, 0.15) is 17.4 Å². The van der Waals surface area contributed by atoms with Crippen molar-refractivity contribution < 1.29 is 18.6 Å². The summed E-state index contributed by atoms with van der Waals surface area (Å²) in [4.78, 5) is 18.9. The van der Waals surface area contributed by atoms with Crippen LogP contribution in [0, 0.1) is 20.8 Å². The van der Waals surface area contributed by atoms with Crippen molar-refractivity contribution in [3.8, 4) is 0 Å². The molecule has 8 nitrogen and oxygen atoms in total. The number of hydrogen-bond acceptors (Lipinski definition) is 7. The Kier molecular flexibility index (Phi) is 3.87. The molecule has 1 spiro atoms. The fraction of sp³-hybridized carbons (Fsp3) is 0.647. The fourth-order valence-corrected chi connectivity index (χ4v) is 3.86. The van der Waals surface area contributed by atoms with Crippen molar-refractivity contribution in [1.82, 2.24) is 20.2 Å². The van der Waals surface area contributed by atoms with E-state index in [1.54, 1.807) is 20.8 Å². The van der Waals surface area contributed by atoms with Crippen molar-refractivity contribution in [2.75, 3.05) is 13.1 Å². The van der Waals surface area contributed by atoms with Crippen LogP contribution in [0.4, 0.5) is 0 Å². The summed E-state index contributed by atoms with van der Waals surface area (Å²) in [5, 5.41) is 7.72. The lowest BCUT2D eigenvalue weighted by molar-refractivity contribution is -0.0820. The van der Waals surface area contributed by atoms with E-state index in [1.165, 1.54) is 0 Å². The molecule has 2 aromatic heterocycles. The van der Waals surface area contributed by atoms with Crippen LogP contribution in [-0.2, 0) is 4.74 Å². The first kappa shape index (κ1) is 16.3. The van der Waals surface area contributed by atoms with E-state index in [1.807, 2.05) is 4.90 Å². The second-order valence-electron chi connectivity index (χ2n) is 7.00. The van der Waals surface area contributed by atoms with Crippen LogP contribution in [0.3, 0.4) is 0 Å². The minimum atomic E-state index is -0.192. The van der Waals surface area contributed by atoms with Crippen LogP contribution in [0.25, 0.3) is 0 Å². The molecule has 0 N–H and O–H groups in total. The average molecular weight is 346 g/mol. The molecular formula is C17H22N4O4. The molecule has 2 aromatic rings. The van der Waals surface area contributed by atoms with Crippen LogP contribution >= 0.6 is 0 Å².